The Kier molecular flexibility index (Phi) is 6.84. The van der Waals surface area contributed by atoms with Gasteiger partial charge < -0.3 is 14.6 Å². The maximum Gasteiger partial charge on any atom is 0.146 e. The third-order valence-corrected chi connectivity index (χ3v) is 5.79. The summed E-state index contributed by atoms with van der Waals surface area (Å²) in [5.41, 5.74) is 1.40. The quantitative estimate of drug-likeness (QED) is 0.788. The van der Waals surface area contributed by atoms with Gasteiger partial charge in [0.15, 0.2) is 0 Å². The first-order valence-electron chi connectivity index (χ1n) is 10.2. The van der Waals surface area contributed by atoms with Gasteiger partial charge in [0.1, 0.15) is 11.6 Å². The second-order valence-electron chi connectivity index (χ2n) is 8.25. The minimum atomic E-state index is -0.124. The van der Waals surface area contributed by atoms with Crippen LogP contribution in [0.25, 0.3) is 0 Å². The minimum Gasteiger partial charge on any atom is -0.393 e. The summed E-state index contributed by atoms with van der Waals surface area (Å²) >= 11 is 0. The molecule has 6 heteroatoms. The molecule has 0 spiro atoms. The maximum absolute atomic E-state index is 9.67. The van der Waals surface area contributed by atoms with Gasteiger partial charge in [0.2, 0.25) is 0 Å². The second-order valence-corrected chi connectivity index (χ2v) is 8.25. The number of hydrogen-bond acceptors (Lipinski definition) is 5. The van der Waals surface area contributed by atoms with Crippen LogP contribution >= 0.6 is 0 Å². The number of hydrogen-bond donors (Lipinski definition) is 1. The molecule has 2 saturated heterocycles. The minimum absolute atomic E-state index is 0.124. The van der Waals surface area contributed by atoms with E-state index in [4.69, 9.17) is 0 Å². The van der Waals surface area contributed by atoms with Crippen molar-refractivity contribution in [3.8, 4) is 0 Å². The van der Waals surface area contributed by atoms with E-state index in [0.29, 0.717) is 5.92 Å². The molecule has 0 bridgehead atoms. The summed E-state index contributed by atoms with van der Waals surface area (Å²) in [6, 6.07) is 0. The Hall–Kier alpha value is -1.24. The van der Waals surface area contributed by atoms with E-state index in [1.54, 1.807) is 0 Å². The first-order chi connectivity index (χ1) is 12.5. The Bertz CT molecular complexity index is 599. The zero-order valence-electron chi connectivity index (χ0n) is 16.7. The van der Waals surface area contributed by atoms with Crippen molar-refractivity contribution >= 4 is 0 Å². The van der Waals surface area contributed by atoms with Crippen molar-refractivity contribution in [2.75, 3.05) is 32.7 Å². The van der Waals surface area contributed by atoms with E-state index in [1.165, 1.54) is 25.0 Å². The van der Waals surface area contributed by atoms with Gasteiger partial charge in [0.25, 0.3) is 0 Å². The third kappa shape index (κ3) is 5.15. The Morgan fingerprint density at radius 1 is 1.12 bits per heavy atom. The standard InChI is InChI=1S/C20H35N5O/c1-16(2)6-4-10-24-11-5-7-17(14-24)20-22-21-19(23(20)3)15-25-12-8-18(26)9-13-25/h6,17-18,26H,4-5,7-15H2,1-3H3/t17-/m1/s1. The van der Waals surface area contributed by atoms with E-state index in [-0.39, 0.29) is 6.10 Å². The summed E-state index contributed by atoms with van der Waals surface area (Å²) in [4.78, 5) is 4.96. The first kappa shape index (κ1) is 19.5. The van der Waals surface area contributed by atoms with Crippen LogP contribution in [-0.2, 0) is 13.6 Å². The normalized spacial score (nSPS) is 23.3. The van der Waals surface area contributed by atoms with Crippen LogP contribution in [0, 0.1) is 0 Å². The number of nitrogens with zero attached hydrogens (tertiary/aromatic N) is 5. The molecule has 0 amide bonds. The largest absolute Gasteiger partial charge is 0.393 e. The number of aromatic nitrogens is 3. The zero-order valence-corrected chi connectivity index (χ0v) is 16.7. The molecule has 0 saturated carbocycles. The molecule has 3 rings (SSSR count). The SMILES string of the molecule is CC(C)=CCCN1CCC[C@@H](c2nnc(CN3CCC(O)CC3)n2C)C1. The van der Waals surface area contributed by atoms with Crippen molar-refractivity contribution in [1.29, 1.82) is 0 Å². The van der Waals surface area contributed by atoms with Crippen LogP contribution in [-0.4, -0.2) is 68.5 Å². The fourth-order valence-electron chi connectivity index (χ4n) is 4.15. The highest BCUT2D eigenvalue weighted by atomic mass is 16.3. The zero-order chi connectivity index (χ0) is 18.5. The maximum atomic E-state index is 9.67. The number of piperidine rings is 2. The van der Waals surface area contributed by atoms with Gasteiger partial charge in [-0.3, -0.25) is 4.90 Å². The van der Waals surface area contributed by atoms with Gasteiger partial charge in [-0.05, 0) is 52.5 Å². The number of aliphatic hydroxyl groups is 1. The van der Waals surface area contributed by atoms with Crippen LogP contribution in [0.1, 0.15) is 63.5 Å². The van der Waals surface area contributed by atoms with E-state index < -0.39 is 0 Å². The molecule has 0 aliphatic carbocycles. The molecular weight excluding hydrogens is 326 g/mol. The third-order valence-electron chi connectivity index (χ3n) is 5.79. The molecule has 2 fully saturated rings. The summed E-state index contributed by atoms with van der Waals surface area (Å²) in [6.45, 7) is 10.5. The first-order valence-corrected chi connectivity index (χ1v) is 10.2. The summed E-state index contributed by atoms with van der Waals surface area (Å²) in [5, 5.41) is 18.7. The van der Waals surface area contributed by atoms with Crippen molar-refractivity contribution in [1.82, 2.24) is 24.6 Å². The highest BCUT2D eigenvalue weighted by Crippen LogP contribution is 2.26. The summed E-state index contributed by atoms with van der Waals surface area (Å²) in [5.74, 6) is 2.69. The lowest BCUT2D eigenvalue weighted by molar-refractivity contribution is 0.0775. The fraction of sp³-hybridized carbons (Fsp3) is 0.800. The monoisotopic (exact) mass is 361 g/mol. The Morgan fingerprint density at radius 3 is 2.62 bits per heavy atom. The molecule has 1 atom stereocenters. The number of rotatable bonds is 6. The highest BCUT2D eigenvalue weighted by Gasteiger charge is 2.26. The van der Waals surface area contributed by atoms with Crippen LogP contribution < -0.4 is 0 Å². The molecule has 0 unspecified atom stereocenters. The van der Waals surface area contributed by atoms with E-state index in [0.717, 1.165) is 63.6 Å². The highest BCUT2D eigenvalue weighted by molar-refractivity contribution is 5.04. The van der Waals surface area contributed by atoms with E-state index in [1.807, 2.05) is 0 Å². The average Bonchev–Trinajstić information content (AvgIpc) is 2.97. The van der Waals surface area contributed by atoms with E-state index in [9.17, 15) is 5.11 Å². The summed E-state index contributed by atoms with van der Waals surface area (Å²) in [7, 11) is 2.12. The Morgan fingerprint density at radius 2 is 1.88 bits per heavy atom. The van der Waals surface area contributed by atoms with Crippen molar-refractivity contribution in [2.45, 2.75) is 64.5 Å². The van der Waals surface area contributed by atoms with Gasteiger partial charge in [-0.15, -0.1) is 10.2 Å². The van der Waals surface area contributed by atoms with Crippen molar-refractivity contribution in [3.63, 3.8) is 0 Å². The average molecular weight is 362 g/mol. The van der Waals surface area contributed by atoms with Crippen LogP contribution in [0.15, 0.2) is 11.6 Å². The predicted molar refractivity (Wildman–Crippen MR) is 104 cm³/mol. The molecule has 1 N–H and O–H groups in total. The van der Waals surface area contributed by atoms with Crippen LogP contribution in [0.4, 0.5) is 0 Å². The summed E-state index contributed by atoms with van der Waals surface area (Å²) < 4.78 is 2.22. The lowest BCUT2D eigenvalue weighted by atomic mass is 9.97. The Labute approximate surface area is 157 Å². The van der Waals surface area contributed by atoms with Gasteiger partial charge >= 0.3 is 0 Å². The molecular formula is C20H35N5O. The molecule has 0 aromatic carbocycles. The smallest absolute Gasteiger partial charge is 0.146 e. The van der Waals surface area contributed by atoms with Crippen molar-refractivity contribution in [3.05, 3.63) is 23.3 Å². The van der Waals surface area contributed by atoms with Crippen LogP contribution in [0.5, 0.6) is 0 Å². The molecule has 6 nitrogen and oxygen atoms in total. The molecule has 1 aromatic rings. The van der Waals surface area contributed by atoms with E-state index >= 15 is 0 Å². The number of allylic oxidation sites excluding steroid dienone is 1. The molecule has 2 aliphatic rings. The van der Waals surface area contributed by atoms with Crippen molar-refractivity contribution in [2.24, 2.45) is 7.05 Å². The Balaban J connectivity index is 1.57. The summed E-state index contributed by atoms with van der Waals surface area (Å²) in [6.07, 6.45) is 7.54. The lowest BCUT2D eigenvalue weighted by Gasteiger charge is -2.32. The van der Waals surface area contributed by atoms with Gasteiger partial charge in [-0.2, -0.15) is 0 Å². The molecule has 2 aliphatic heterocycles. The second kappa shape index (κ2) is 9.11. The molecule has 26 heavy (non-hydrogen) atoms. The molecule has 146 valence electrons. The van der Waals surface area contributed by atoms with Crippen LogP contribution in [0.2, 0.25) is 0 Å². The predicted octanol–water partition coefficient (Wildman–Crippen LogP) is 2.31. The molecule has 3 heterocycles. The van der Waals surface area contributed by atoms with Gasteiger partial charge in [0.05, 0.1) is 12.6 Å². The van der Waals surface area contributed by atoms with Crippen LogP contribution in [0.3, 0.4) is 0 Å². The van der Waals surface area contributed by atoms with Gasteiger partial charge in [-0.1, -0.05) is 11.6 Å². The molecule has 1 aromatic heterocycles. The van der Waals surface area contributed by atoms with Gasteiger partial charge in [-0.25, -0.2) is 0 Å². The number of likely N-dealkylation sites (tertiary alicyclic amines) is 2. The van der Waals surface area contributed by atoms with Crippen molar-refractivity contribution < 1.29 is 5.11 Å². The fourth-order valence-corrected chi connectivity index (χ4v) is 4.15. The lowest BCUT2D eigenvalue weighted by Crippen LogP contribution is -2.36. The number of aliphatic hydroxyl groups excluding tert-OH is 1. The van der Waals surface area contributed by atoms with Gasteiger partial charge in [0, 0.05) is 39.1 Å². The topological polar surface area (TPSA) is 57.4 Å². The molecule has 0 radical (unpaired) electrons. The van der Waals surface area contributed by atoms with E-state index in [2.05, 4.69) is 51.5 Å².